The predicted molar refractivity (Wildman–Crippen MR) is 281 cm³/mol. The first-order chi connectivity index (χ1) is 35.2. The van der Waals surface area contributed by atoms with E-state index in [1.807, 2.05) is 99.6 Å². The molecule has 0 aliphatic carbocycles. The number of aliphatic imine (C=N–C) groups is 1. The average molecular weight is 1010 g/mol. The summed E-state index contributed by atoms with van der Waals surface area (Å²) in [5, 5.41) is 27.8. The number of aromatic hydroxyl groups is 1. The van der Waals surface area contributed by atoms with Gasteiger partial charge in [0.15, 0.2) is 11.3 Å². The molecule has 8 rings (SSSR count). The largest absolute Gasteiger partial charge is 0.508 e. The molecule has 3 N–H and O–H groups in total. The van der Waals surface area contributed by atoms with Gasteiger partial charge in [-0.1, -0.05) is 99.6 Å². The van der Waals surface area contributed by atoms with Crippen molar-refractivity contribution in [2.24, 2.45) is 10.9 Å². The molecular formula is C57H64N6O9S. The van der Waals surface area contributed by atoms with E-state index in [0.717, 1.165) is 44.8 Å². The Morgan fingerprint density at radius 1 is 0.932 bits per heavy atom. The number of hydrogen-bond acceptors (Lipinski definition) is 13. The van der Waals surface area contributed by atoms with Gasteiger partial charge in [0.05, 0.1) is 41.4 Å². The van der Waals surface area contributed by atoms with Gasteiger partial charge in [0.2, 0.25) is 11.8 Å². The van der Waals surface area contributed by atoms with Crippen molar-refractivity contribution in [2.75, 3.05) is 46.6 Å². The number of β-amino-alcohol motifs (C(OH)–C–C–N with tert-alkyl or cyclic N) is 1. The summed E-state index contributed by atoms with van der Waals surface area (Å²) in [7, 11) is 1.76. The van der Waals surface area contributed by atoms with E-state index in [1.165, 1.54) is 5.57 Å². The maximum atomic E-state index is 14.4. The molecule has 4 atom stereocenters. The molecule has 1 fully saturated rings. The quantitative estimate of drug-likeness (QED) is 0.0435. The zero-order valence-electron chi connectivity index (χ0n) is 42.2. The number of aliphatic hydroxyl groups excluding tert-OH is 1. The van der Waals surface area contributed by atoms with E-state index in [0.29, 0.717) is 55.5 Å². The van der Waals surface area contributed by atoms with Crippen LogP contribution in [0.1, 0.15) is 93.0 Å². The van der Waals surface area contributed by atoms with Gasteiger partial charge >= 0.3 is 0 Å². The molecule has 0 saturated carbocycles. The fourth-order valence-corrected chi connectivity index (χ4v) is 10.2. The normalized spacial score (nSPS) is 18.3. The summed E-state index contributed by atoms with van der Waals surface area (Å²) in [6.45, 7) is 11.3. The minimum atomic E-state index is -1.22. The molecule has 0 radical (unpaired) electrons. The summed E-state index contributed by atoms with van der Waals surface area (Å²) < 4.78 is 23.3. The number of thiazole rings is 1. The van der Waals surface area contributed by atoms with Gasteiger partial charge in [-0.3, -0.25) is 14.4 Å². The summed E-state index contributed by atoms with van der Waals surface area (Å²) in [6, 6.07) is 34.2. The number of carbonyl (C=O) groups excluding carboxylic acids is 3. The molecule has 1 saturated heterocycles. The summed E-state index contributed by atoms with van der Waals surface area (Å²) in [5.74, 6) is 0.220. The topological polar surface area (TPSA) is 189 Å². The van der Waals surface area contributed by atoms with Crippen molar-refractivity contribution in [3.05, 3.63) is 148 Å². The van der Waals surface area contributed by atoms with Crippen LogP contribution in [-0.4, -0.2) is 112 Å². The smallest absolute Gasteiger partial charge is 0.257 e. The molecule has 4 heterocycles. The third-order valence-corrected chi connectivity index (χ3v) is 14.4. The molecule has 73 heavy (non-hydrogen) atoms. The van der Waals surface area contributed by atoms with Gasteiger partial charge in [-0.15, -0.1) is 11.3 Å². The molecule has 0 bridgehead atoms. The predicted octanol–water partition coefficient (Wildman–Crippen LogP) is 9.04. The van der Waals surface area contributed by atoms with Crippen LogP contribution >= 0.6 is 11.3 Å². The Kier molecular flexibility index (Phi) is 16.9. The van der Waals surface area contributed by atoms with E-state index in [2.05, 4.69) is 34.5 Å². The second-order valence-electron chi connectivity index (χ2n) is 18.9. The molecular weight excluding hydrogens is 945 g/mol. The highest BCUT2D eigenvalue weighted by molar-refractivity contribution is 7.13. The number of carbonyl (C=O) groups is 3. The Morgan fingerprint density at radius 3 is 2.32 bits per heavy atom. The summed E-state index contributed by atoms with van der Waals surface area (Å²) in [5.41, 5.74) is 8.71. The number of amides is 3. The van der Waals surface area contributed by atoms with Crippen LogP contribution in [0.5, 0.6) is 17.4 Å². The molecule has 16 heteroatoms. The maximum Gasteiger partial charge on any atom is 0.257 e. The molecule has 382 valence electrons. The highest BCUT2D eigenvalue weighted by atomic mass is 32.1. The van der Waals surface area contributed by atoms with Crippen LogP contribution in [0.4, 0.5) is 0 Å². The van der Waals surface area contributed by atoms with Gasteiger partial charge in [0.25, 0.3) is 11.8 Å². The summed E-state index contributed by atoms with van der Waals surface area (Å²) in [6.07, 6.45) is 1.07. The number of nitrogens with zero attached hydrogens (tertiary/aromatic N) is 5. The van der Waals surface area contributed by atoms with Crippen molar-refractivity contribution in [1.82, 2.24) is 25.3 Å². The molecule has 3 amide bonds. The van der Waals surface area contributed by atoms with Crippen LogP contribution in [0.3, 0.4) is 0 Å². The monoisotopic (exact) mass is 1010 g/mol. The lowest BCUT2D eigenvalue weighted by Crippen LogP contribution is -2.48. The SMILES string of the molecule is CC/C(=C(/c1ccc(O)cc1)c1ccc(OCCN(C)C(=O)CCCOCCOc2cc(C(C(=O)N3C[C@H](O)C[C@H]3C3=N[C@@](C)(c4ccc(-c5scnc5C)cc4)C(=O)N3)C(C)C)on2)cc1)c1ccccc1. The van der Waals surface area contributed by atoms with E-state index in [-0.39, 0.29) is 61.4 Å². The van der Waals surface area contributed by atoms with Crippen molar-refractivity contribution in [2.45, 2.75) is 83.9 Å². The lowest BCUT2D eigenvalue weighted by Gasteiger charge is -2.29. The number of aromatic nitrogens is 2. The Balaban J connectivity index is 0.767. The van der Waals surface area contributed by atoms with Gasteiger partial charge in [-0.25, -0.2) is 9.98 Å². The van der Waals surface area contributed by atoms with Crippen molar-refractivity contribution >= 4 is 46.0 Å². The van der Waals surface area contributed by atoms with E-state index < -0.39 is 23.6 Å². The van der Waals surface area contributed by atoms with Crippen LogP contribution in [0.15, 0.2) is 124 Å². The zero-order chi connectivity index (χ0) is 51.6. The minimum Gasteiger partial charge on any atom is -0.508 e. The molecule has 1 unspecified atom stereocenters. The van der Waals surface area contributed by atoms with Crippen LogP contribution in [-0.2, 0) is 24.7 Å². The van der Waals surface area contributed by atoms with E-state index in [9.17, 15) is 24.6 Å². The molecule has 2 aromatic heterocycles. The molecule has 2 aliphatic rings. The van der Waals surface area contributed by atoms with Crippen LogP contribution in [0.2, 0.25) is 0 Å². The van der Waals surface area contributed by atoms with Gasteiger partial charge in [0, 0.05) is 39.1 Å². The van der Waals surface area contributed by atoms with E-state index in [1.54, 1.807) is 58.8 Å². The van der Waals surface area contributed by atoms with Crippen molar-refractivity contribution < 1.29 is 43.3 Å². The number of ether oxygens (including phenoxy) is 3. The second-order valence-corrected chi connectivity index (χ2v) is 19.8. The lowest BCUT2D eigenvalue weighted by atomic mass is 9.88. The Morgan fingerprint density at radius 2 is 1.64 bits per heavy atom. The number of amidine groups is 1. The third-order valence-electron chi connectivity index (χ3n) is 13.5. The number of rotatable bonds is 22. The second kappa shape index (κ2) is 23.6. The summed E-state index contributed by atoms with van der Waals surface area (Å²) in [4.78, 5) is 54.3. The van der Waals surface area contributed by atoms with Crippen LogP contribution < -0.4 is 14.8 Å². The number of likely N-dealkylation sites (tertiary alicyclic amines) is 1. The number of aliphatic hydroxyl groups is 1. The standard InChI is InChI=1S/C57H64N6O9S/c1-7-46(38-12-9-8-10-13-38)52(39-17-23-43(64)24-18-39)40-19-25-45(26-20-40)70-29-27-62(6)50(66)14-11-28-69-30-31-71-49-33-48(72-61-49)51(36(2)3)55(67)63-34-44(65)32-47(63)54-59-56(68)57(5,60-54)42-21-15-41(16-22-42)53-37(4)58-35-73-53/h8-10,12-13,15-26,33,35-36,44,47,51,64-65H,7,11,14,27-32,34H2,1-6H3,(H,59,60,68)/b52-46+/t44-,47+,51?,57+/m1/s1. The number of hydrogen-bond donors (Lipinski definition) is 3. The summed E-state index contributed by atoms with van der Waals surface area (Å²) >= 11 is 1.56. The Bertz CT molecular complexity index is 2900. The first-order valence-corrected chi connectivity index (χ1v) is 25.7. The molecule has 4 aromatic carbocycles. The van der Waals surface area contributed by atoms with Crippen LogP contribution in [0, 0.1) is 12.8 Å². The number of likely N-dealkylation sites (N-methyl/N-ethyl adjacent to an activating group) is 1. The first kappa shape index (κ1) is 52.2. The number of aryl methyl sites for hydroxylation is 1. The van der Waals surface area contributed by atoms with E-state index in [4.69, 9.17) is 23.7 Å². The van der Waals surface area contributed by atoms with Gasteiger partial charge < -0.3 is 44.1 Å². The van der Waals surface area contributed by atoms with Crippen molar-refractivity contribution in [3.8, 4) is 27.8 Å². The average Bonchev–Trinajstić information content (AvgIpc) is 4.20. The van der Waals surface area contributed by atoms with Gasteiger partial charge in [0.1, 0.15) is 36.5 Å². The fourth-order valence-electron chi connectivity index (χ4n) is 9.43. The maximum absolute atomic E-state index is 14.4. The third kappa shape index (κ3) is 12.2. The van der Waals surface area contributed by atoms with E-state index >= 15 is 0 Å². The molecule has 6 aromatic rings. The number of phenolic OH excluding ortho intramolecular Hbond substituents is 1. The first-order valence-electron chi connectivity index (χ1n) is 24.9. The Labute approximate surface area is 430 Å². The molecule has 15 nitrogen and oxygen atoms in total. The highest BCUT2D eigenvalue weighted by Crippen LogP contribution is 2.38. The Hall–Kier alpha value is -7.14. The number of nitrogens with one attached hydrogen (secondary N) is 1. The van der Waals surface area contributed by atoms with Crippen molar-refractivity contribution in [3.63, 3.8) is 0 Å². The number of allylic oxidation sites excluding steroid dienone is 1. The minimum absolute atomic E-state index is 0.0155. The fraction of sp³-hybridized carbons (Fsp3) is 0.368. The van der Waals surface area contributed by atoms with Gasteiger partial charge in [-0.05, 0) is 101 Å². The zero-order valence-corrected chi connectivity index (χ0v) is 43.1. The molecule has 2 aliphatic heterocycles. The van der Waals surface area contributed by atoms with Gasteiger partial charge in [-0.2, -0.15) is 0 Å². The van der Waals surface area contributed by atoms with Crippen molar-refractivity contribution in [1.29, 1.82) is 0 Å². The molecule has 0 spiro atoms. The number of benzene rings is 4. The van der Waals surface area contributed by atoms with Crippen LogP contribution in [0.25, 0.3) is 21.6 Å². The highest BCUT2D eigenvalue weighted by Gasteiger charge is 2.48. The lowest BCUT2D eigenvalue weighted by molar-refractivity contribution is -0.134. The number of phenols is 1.